The molecule has 0 amide bonds. The van der Waals surface area contributed by atoms with Crippen LogP contribution in [-0.2, 0) is 4.74 Å². The maximum atomic E-state index is 5.82. The first-order valence-corrected chi connectivity index (χ1v) is 9.00. The van der Waals surface area contributed by atoms with Crippen molar-refractivity contribution in [2.45, 2.75) is 78.5 Å². The van der Waals surface area contributed by atoms with E-state index in [0.717, 1.165) is 19.1 Å². The van der Waals surface area contributed by atoms with Crippen LogP contribution in [0.3, 0.4) is 0 Å². The topological polar surface area (TPSA) is 24.5 Å². The van der Waals surface area contributed by atoms with Gasteiger partial charge in [-0.15, -0.1) is 0 Å². The van der Waals surface area contributed by atoms with Crippen molar-refractivity contribution in [1.82, 2.24) is 10.2 Å². The lowest BCUT2D eigenvalue weighted by Crippen LogP contribution is -2.62. The molecule has 2 aliphatic heterocycles. The second kappa shape index (κ2) is 7.43. The highest BCUT2D eigenvalue weighted by Crippen LogP contribution is 2.29. The Morgan fingerprint density at radius 1 is 1.33 bits per heavy atom. The summed E-state index contributed by atoms with van der Waals surface area (Å²) in [4.78, 5) is 2.75. The molecule has 0 aromatic carbocycles. The highest BCUT2D eigenvalue weighted by Gasteiger charge is 2.36. The Labute approximate surface area is 131 Å². The normalized spacial score (nSPS) is 33.3. The molecule has 2 rings (SSSR count). The van der Waals surface area contributed by atoms with E-state index in [9.17, 15) is 0 Å². The van der Waals surface area contributed by atoms with Gasteiger partial charge in [-0.1, -0.05) is 41.0 Å². The number of nitrogens with one attached hydrogen (secondary N) is 1. The fraction of sp³-hybridized carbons (Fsp3) is 1.00. The van der Waals surface area contributed by atoms with E-state index in [1.807, 2.05) is 0 Å². The second-order valence-corrected chi connectivity index (χ2v) is 8.20. The summed E-state index contributed by atoms with van der Waals surface area (Å²) in [6.45, 7) is 16.3. The average Bonchev–Trinajstić information content (AvgIpc) is 2.96. The maximum absolute atomic E-state index is 5.82. The SMILES string of the molecule is CCC(C)C1CN(CCC2CCCO2)C(C(C)(C)C)CN1. The summed E-state index contributed by atoms with van der Waals surface area (Å²) in [7, 11) is 0. The van der Waals surface area contributed by atoms with Crippen molar-refractivity contribution in [2.24, 2.45) is 11.3 Å². The summed E-state index contributed by atoms with van der Waals surface area (Å²) in [5, 5.41) is 3.81. The molecular formula is C18H36N2O. The van der Waals surface area contributed by atoms with Gasteiger partial charge >= 0.3 is 0 Å². The Kier molecular flexibility index (Phi) is 6.10. The molecule has 2 fully saturated rings. The van der Waals surface area contributed by atoms with Crippen LogP contribution in [0.2, 0.25) is 0 Å². The molecule has 4 unspecified atom stereocenters. The first-order chi connectivity index (χ1) is 9.91. The summed E-state index contributed by atoms with van der Waals surface area (Å²) < 4.78 is 5.82. The summed E-state index contributed by atoms with van der Waals surface area (Å²) in [5.41, 5.74) is 0.337. The van der Waals surface area contributed by atoms with Crippen molar-refractivity contribution in [3.05, 3.63) is 0 Å². The van der Waals surface area contributed by atoms with Crippen LogP contribution in [0, 0.1) is 11.3 Å². The van der Waals surface area contributed by atoms with Gasteiger partial charge in [-0.3, -0.25) is 4.90 Å². The van der Waals surface area contributed by atoms with Gasteiger partial charge in [0.25, 0.3) is 0 Å². The van der Waals surface area contributed by atoms with E-state index >= 15 is 0 Å². The summed E-state index contributed by atoms with van der Waals surface area (Å²) in [5.74, 6) is 0.760. The van der Waals surface area contributed by atoms with Crippen LogP contribution in [0.4, 0.5) is 0 Å². The van der Waals surface area contributed by atoms with E-state index in [2.05, 4.69) is 44.8 Å². The van der Waals surface area contributed by atoms with Gasteiger partial charge in [-0.25, -0.2) is 0 Å². The van der Waals surface area contributed by atoms with Gasteiger partial charge in [-0.2, -0.15) is 0 Å². The number of piperazine rings is 1. The Morgan fingerprint density at radius 2 is 2.10 bits per heavy atom. The lowest BCUT2D eigenvalue weighted by Gasteiger charge is -2.48. The second-order valence-electron chi connectivity index (χ2n) is 8.20. The molecule has 3 heteroatoms. The zero-order valence-electron chi connectivity index (χ0n) is 14.8. The zero-order chi connectivity index (χ0) is 15.5. The Balaban J connectivity index is 1.94. The van der Waals surface area contributed by atoms with Crippen LogP contribution in [-0.4, -0.2) is 49.3 Å². The highest BCUT2D eigenvalue weighted by molar-refractivity contribution is 4.94. The quantitative estimate of drug-likeness (QED) is 0.842. The lowest BCUT2D eigenvalue weighted by atomic mass is 9.82. The van der Waals surface area contributed by atoms with Crippen molar-refractivity contribution in [2.75, 3.05) is 26.2 Å². The van der Waals surface area contributed by atoms with Crippen molar-refractivity contribution in [3.8, 4) is 0 Å². The van der Waals surface area contributed by atoms with Crippen molar-refractivity contribution in [1.29, 1.82) is 0 Å². The molecule has 0 saturated carbocycles. The Morgan fingerprint density at radius 3 is 2.67 bits per heavy atom. The van der Waals surface area contributed by atoms with Crippen molar-refractivity contribution in [3.63, 3.8) is 0 Å². The van der Waals surface area contributed by atoms with E-state index in [-0.39, 0.29) is 0 Å². The molecule has 0 bridgehead atoms. The molecule has 124 valence electrons. The minimum absolute atomic E-state index is 0.337. The molecule has 3 nitrogen and oxygen atoms in total. The molecule has 21 heavy (non-hydrogen) atoms. The minimum Gasteiger partial charge on any atom is -0.378 e. The number of hydrogen-bond acceptors (Lipinski definition) is 3. The molecule has 0 aromatic heterocycles. The van der Waals surface area contributed by atoms with Crippen LogP contribution >= 0.6 is 0 Å². The molecule has 4 atom stereocenters. The third-order valence-corrected chi connectivity index (χ3v) is 5.54. The maximum Gasteiger partial charge on any atom is 0.0588 e. The molecule has 2 saturated heterocycles. The molecule has 1 N–H and O–H groups in total. The molecule has 0 spiro atoms. The first kappa shape index (κ1) is 17.2. The van der Waals surface area contributed by atoms with Gasteiger partial charge in [0, 0.05) is 38.3 Å². The molecule has 0 aromatic rings. The fourth-order valence-electron chi connectivity index (χ4n) is 3.79. The van der Waals surface area contributed by atoms with E-state index in [0.29, 0.717) is 23.6 Å². The predicted molar refractivity (Wildman–Crippen MR) is 89.7 cm³/mol. The number of rotatable bonds is 5. The Bertz CT molecular complexity index is 307. The van der Waals surface area contributed by atoms with Gasteiger partial charge in [0.05, 0.1) is 6.10 Å². The predicted octanol–water partition coefficient (Wildman–Crippen LogP) is 3.29. The van der Waals surface area contributed by atoms with Crippen LogP contribution in [0.25, 0.3) is 0 Å². The van der Waals surface area contributed by atoms with Crippen LogP contribution in [0.15, 0.2) is 0 Å². The fourth-order valence-corrected chi connectivity index (χ4v) is 3.79. The smallest absolute Gasteiger partial charge is 0.0588 e. The third kappa shape index (κ3) is 4.67. The summed E-state index contributed by atoms with van der Waals surface area (Å²) >= 11 is 0. The molecule has 0 radical (unpaired) electrons. The first-order valence-electron chi connectivity index (χ1n) is 9.00. The number of ether oxygens (including phenoxy) is 1. The van der Waals surface area contributed by atoms with E-state index in [4.69, 9.17) is 4.74 Å². The molecule has 2 aliphatic rings. The number of hydrogen-bond donors (Lipinski definition) is 1. The third-order valence-electron chi connectivity index (χ3n) is 5.54. The largest absolute Gasteiger partial charge is 0.378 e. The van der Waals surface area contributed by atoms with Crippen LogP contribution in [0.1, 0.15) is 60.3 Å². The molecular weight excluding hydrogens is 260 g/mol. The molecule has 0 aliphatic carbocycles. The van der Waals surface area contributed by atoms with Gasteiger partial charge in [-0.05, 0) is 30.6 Å². The van der Waals surface area contributed by atoms with Crippen molar-refractivity contribution < 1.29 is 4.74 Å². The van der Waals surface area contributed by atoms with Gasteiger partial charge in [0.2, 0.25) is 0 Å². The summed E-state index contributed by atoms with van der Waals surface area (Å²) in [6.07, 6.45) is 5.51. The van der Waals surface area contributed by atoms with Gasteiger partial charge in [0.1, 0.15) is 0 Å². The van der Waals surface area contributed by atoms with Crippen molar-refractivity contribution >= 4 is 0 Å². The highest BCUT2D eigenvalue weighted by atomic mass is 16.5. The Hall–Kier alpha value is -0.120. The van der Waals surface area contributed by atoms with Gasteiger partial charge in [0.15, 0.2) is 0 Å². The molecule has 2 heterocycles. The number of nitrogens with zero attached hydrogens (tertiary/aromatic N) is 1. The monoisotopic (exact) mass is 296 g/mol. The van der Waals surface area contributed by atoms with E-state index in [1.165, 1.54) is 38.8 Å². The van der Waals surface area contributed by atoms with Crippen LogP contribution < -0.4 is 5.32 Å². The van der Waals surface area contributed by atoms with E-state index < -0.39 is 0 Å². The minimum atomic E-state index is 0.337. The average molecular weight is 296 g/mol. The standard InChI is InChI=1S/C18H36N2O/c1-6-14(2)16-13-20(10-9-15-8-7-11-21-15)17(12-19-16)18(3,4)5/h14-17,19H,6-13H2,1-5H3. The zero-order valence-corrected chi connectivity index (χ0v) is 14.8. The van der Waals surface area contributed by atoms with E-state index in [1.54, 1.807) is 0 Å². The lowest BCUT2D eigenvalue weighted by molar-refractivity contribution is 0.0259. The summed E-state index contributed by atoms with van der Waals surface area (Å²) in [6, 6.07) is 1.29. The van der Waals surface area contributed by atoms with Gasteiger partial charge < -0.3 is 10.1 Å². The van der Waals surface area contributed by atoms with Crippen LogP contribution in [0.5, 0.6) is 0 Å².